The van der Waals surface area contributed by atoms with Crippen molar-refractivity contribution in [2.75, 3.05) is 20.8 Å². The first kappa shape index (κ1) is 12.6. The molecule has 2 N–H and O–H groups in total. The maximum Gasteiger partial charge on any atom is 0.172 e. The molecule has 0 aliphatic heterocycles. The molecule has 0 aliphatic rings. The van der Waals surface area contributed by atoms with Crippen molar-refractivity contribution in [3.05, 3.63) is 17.4 Å². The fraction of sp³-hybridized carbons (Fsp3) is 0.455. The van der Waals surface area contributed by atoms with E-state index in [-0.39, 0.29) is 23.7 Å². The average molecular weight is 230 g/mol. The monoisotopic (exact) mass is 230 g/mol. The van der Waals surface area contributed by atoms with E-state index in [0.717, 1.165) is 6.07 Å². The summed E-state index contributed by atoms with van der Waals surface area (Å²) in [6.07, 6.45) is 0. The van der Waals surface area contributed by atoms with E-state index in [2.05, 4.69) is 0 Å². The number of rotatable bonds is 4. The minimum absolute atomic E-state index is 0.113. The van der Waals surface area contributed by atoms with Gasteiger partial charge in [-0.1, -0.05) is 6.92 Å². The van der Waals surface area contributed by atoms with Crippen LogP contribution in [0.25, 0.3) is 0 Å². The lowest BCUT2D eigenvalue weighted by Gasteiger charge is -2.17. The molecule has 0 saturated heterocycles. The second kappa shape index (κ2) is 5.03. The van der Waals surface area contributed by atoms with E-state index in [1.807, 2.05) is 0 Å². The number of aliphatic hydroxyl groups excluding tert-OH is 1. The Hall–Kier alpha value is -1.49. The summed E-state index contributed by atoms with van der Waals surface area (Å²) in [4.78, 5) is 0. The number of hydrogen-bond acceptors (Lipinski definition) is 4. The largest absolute Gasteiger partial charge is 0.505 e. The van der Waals surface area contributed by atoms with Crippen LogP contribution in [0.1, 0.15) is 18.4 Å². The zero-order chi connectivity index (χ0) is 12.3. The Morgan fingerprint density at radius 1 is 1.38 bits per heavy atom. The molecule has 0 amide bonds. The summed E-state index contributed by atoms with van der Waals surface area (Å²) in [5, 5.41) is 18.4. The first-order valence-electron chi connectivity index (χ1n) is 4.81. The van der Waals surface area contributed by atoms with Gasteiger partial charge in [-0.3, -0.25) is 0 Å². The fourth-order valence-electron chi connectivity index (χ4n) is 1.52. The van der Waals surface area contributed by atoms with Gasteiger partial charge in [-0.05, 0) is 0 Å². The van der Waals surface area contributed by atoms with Crippen LogP contribution in [0.15, 0.2) is 6.07 Å². The van der Waals surface area contributed by atoms with Crippen molar-refractivity contribution in [1.82, 2.24) is 0 Å². The molecule has 0 aromatic heterocycles. The van der Waals surface area contributed by atoms with Crippen molar-refractivity contribution < 1.29 is 24.1 Å². The quantitative estimate of drug-likeness (QED) is 0.825. The Balaban J connectivity index is 3.46. The number of phenols is 1. The van der Waals surface area contributed by atoms with Crippen LogP contribution in [0, 0.1) is 5.82 Å². The molecule has 1 rings (SSSR count). The van der Waals surface area contributed by atoms with E-state index in [1.165, 1.54) is 14.2 Å². The topological polar surface area (TPSA) is 58.9 Å². The number of halogens is 1. The molecular weight excluding hydrogens is 215 g/mol. The normalized spacial score (nSPS) is 12.3. The molecule has 0 bridgehead atoms. The van der Waals surface area contributed by atoms with Crippen molar-refractivity contribution in [2.45, 2.75) is 12.8 Å². The zero-order valence-corrected chi connectivity index (χ0v) is 9.45. The number of hydrogen-bond donors (Lipinski definition) is 2. The van der Waals surface area contributed by atoms with Gasteiger partial charge in [-0.2, -0.15) is 0 Å². The van der Waals surface area contributed by atoms with Crippen molar-refractivity contribution in [3.8, 4) is 17.2 Å². The van der Waals surface area contributed by atoms with Crippen LogP contribution in [0.5, 0.6) is 17.2 Å². The summed E-state index contributed by atoms with van der Waals surface area (Å²) in [6.45, 7) is 1.37. The molecule has 0 aliphatic carbocycles. The highest BCUT2D eigenvalue weighted by molar-refractivity contribution is 5.53. The SMILES string of the molecule is COc1cc(O)c(F)c(C(C)CO)c1OC. The summed E-state index contributed by atoms with van der Waals surface area (Å²) in [7, 11) is 2.77. The molecule has 16 heavy (non-hydrogen) atoms. The number of methoxy groups -OCH3 is 2. The lowest BCUT2D eigenvalue weighted by Crippen LogP contribution is -2.06. The van der Waals surface area contributed by atoms with Crippen LogP contribution < -0.4 is 9.47 Å². The van der Waals surface area contributed by atoms with Gasteiger partial charge >= 0.3 is 0 Å². The van der Waals surface area contributed by atoms with Crippen molar-refractivity contribution in [1.29, 1.82) is 0 Å². The van der Waals surface area contributed by atoms with E-state index in [9.17, 15) is 9.50 Å². The molecule has 4 nitrogen and oxygen atoms in total. The highest BCUT2D eigenvalue weighted by Gasteiger charge is 2.23. The number of phenolic OH excluding ortho intramolecular Hbond substituents is 1. The summed E-state index contributed by atoms with van der Waals surface area (Å²) >= 11 is 0. The minimum Gasteiger partial charge on any atom is -0.505 e. The second-order valence-corrected chi connectivity index (χ2v) is 3.44. The maximum atomic E-state index is 13.7. The van der Waals surface area contributed by atoms with Crippen molar-refractivity contribution in [3.63, 3.8) is 0 Å². The molecular formula is C11H15FO4. The predicted octanol–water partition coefficient (Wildman–Crippen LogP) is 1.64. The minimum atomic E-state index is -0.792. The van der Waals surface area contributed by atoms with Gasteiger partial charge in [0.05, 0.1) is 14.2 Å². The van der Waals surface area contributed by atoms with Gasteiger partial charge in [-0.25, -0.2) is 4.39 Å². The number of ether oxygens (including phenoxy) is 2. The highest BCUT2D eigenvalue weighted by atomic mass is 19.1. The number of benzene rings is 1. The Morgan fingerprint density at radius 2 is 2.00 bits per heavy atom. The van der Waals surface area contributed by atoms with Crippen molar-refractivity contribution in [2.24, 2.45) is 0 Å². The van der Waals surface area contributed by atoms with Crippen molar-refractivity contribution >= 4 is 0 Å². The number of aromatic hydroxyl groups is 1. The standard InChI is InChI=1S/C11H15FO4/c1-6(5-13)9-10(12)7(14)4-8(15-2)11(9)16-3/h4,6,13-14H,5H2,1-3H3. The summed E-state index contributed by atoms with van der Waals surface area (Å²) in [5.74, 6) is -1.38. The Morgan fingerprint density at radius 3 is 2.44 bits per heavy atom. The van der Waals surface area contributed by atoms with Crippen LogP contribution in [0.4, 0.5) is 4.39 Å². The lowest BCUT2D eigenvalue weighted by molar-refractivity contribution is 0.263. The number of aliphatic hydroxyl groups is 1. The molecule has 90 valence electrons. The second-order valence-electron chi connectivity index (χ2n) is 3.44. The summed E-state index contributed by atoms with van der Waals surface area (Å²) < 4.78 is 23.7. The van der Waals surface area contributed by atoms with E-state index in [0.29, 0.717) is 0 Å². The third kappa shape index (κ3) is 2.04. The summed E-state index contributed by atoms with van der Waals surface area (Å²) in [5.41, 5.74) is 0.113. The molecule has 0 heterocycles. The molecule has 0 fully saturated rings. The van der Waals surface area contributed by atoms with Gasteiger partial charge in [0.1, 0.15) is 0 Å². The third-order valence-corrected chi connectivity index (χ3v) is 2.39. The Bertz CT molecular complexity index is 379. The molecule has 1 aromatic rings. The Labute approximate surface area is 93.2 Å². The lowest BCUT2D eigenvalue weighted by atomic mass is 9.99. The van der Waals surface area contributed by atoms with Crippen LogP contribution in [0.2, 0.25) is 0 Å². The van der Waals surface area contributed by atoms with Gasteiger partial charge in [0, 0.05) is 24.2 Å². The third-order valence-electron chi connectivity index (χ3n) is 2.39. The van der Waals surface area contributed by atoms with Crippen LogP contribution in [0.3, 0.4) is 0 Å². The average Bonchev–Trinajstić information content (AvgIpc) is 2.30. The van der Waals surface area contributed by atoms with Crippen LogP contribution >= 0.6 is 0 Å². The molecule has 1 unspecified atom stereocenters. The van der Waals surface area contributed by atoms with E-state index in [1.54, 1.807) is 6.92 Å². The summed E-state index contributed by atoms with van der Waals surface area (Å²) in [6, 6.07) is 1.14. The maximum absolute atomic E-state index is 13.7. The van der Waals surface area contributed by atoms with E-state index < -0.39 is 17.5 Å². The molecule has 0 spiro atoms. The van der Waals surface area contributed by atoms with E-state index >= 15 is 0 Å². The van der Waals surface area contributed by atoms with E-state index in [4.69, 9.17) is 14.6 Å². The van der Waals surface area contributed by atoms with Crippen LogP contribution in [-0.2, 0) is 0 Å². The molecule has 0 radical (unpaired) electrons. The highest BCUT2D eigenvalue weighted by Crippen LogP contribution is 2.41. The van der Waals surface area contributed by atoms with Gasteiger partial charge < -0.3 is 19.7 Å². The molecule has 0 saturated carbocycles. The Kier molecular flexibility index (Phi) is 3.95. The van der Waals surface area contributed by atoms with Gasteiger partial charge in [0.2, 0.25) is 0 Å². The molecule has 1 atom stereocenters. The smallest absolute Gasteiger partial charge is 0.172 e. The molecule has 1 aromatic carbocycles. The fourth-order valence-corrected chi connectivity index (χ4v) is 1.52. The van der Waals surface area contributed by atoms with Gasteiger partial charge in [-0.15, -0.1) is 0 Å². The predicted molar refractivity (Wildman–Crippen MR) is 56.7 cm³/mol. The first-order valence-corrected chi connectivity index (χ1v) is 4.81. The molecule has 5 heteroatoms. The first-order chi connectivity index (χ1) is 7.56. The van der Waals surface area contributed by atoms with Crippen LogP contribution in [-0.4, -0.2) is 31.0 Å². The zero-order valence-electron chi connectivity index (χ0n) is 9.45. The van der Waals surface area contributed by atoms with Gasteiger partial charge in [0.15, 0.2) is 23.1 Å². The van der Waals surface area contributed by atoms with Gasteiger partial charge in [0.25, 0.3) is 0 Å².